The maximum atomic E-state index is 11.7. The molecule has 1 amide bonds. The maximum Gasteiger partial charge on any atom is 0.222 e. The molecule has 0 bridgehead atoms. The summed E-state index contributed by atoms with van der Waals surface area (Å²) in [6.07, 6.45) is 3.90. The van der Waals surface area contributed by atoms with Gasteiger partial charge in [0.05, 0.1) is 25.3 Å². The van der Waals surface area contributed by atoms with Crippen LogP contribution in [0, 0.1) is 0 Å². The highest BCUT2D eigenvalue weighted by molar-refractivity contribution is 7.99. The summed E-state index contributed by atoms with van der Waals surface area (Å²) in [5.74, 6) is 3.59. The van der Waals surface area contributed by atoms with Gasteiger partial charge in [0.2, 0.25) is 5.91 Å². The quantitative estimate of drug-likeness (QED) is 0.358. The molecule has 154 valence electrons. The molecule has 1 atom stereocenters. The first-order valence-corrected chi connectivity index (χ1v) is 11.6. The minimum Gasteiger partial charge on any atom is -0.379 e. The summed E-state index contributed by atoms with van der Waals surface area (Å²) in [5, 5.41) is 6.83. The smallest absolute Gasteiger partial charge is 0.222 e. The lowest BCUT2D eigenvalue weighted by molar-refractivity contribution is -0.127. The Bertz CT molecular complexity index is 504. The van der Waals surface area contributed by atoms with E-state index in [-0.39, 0.29) is 5.54 Å². The normalized spacial score (nSPS) is 27.4. The predicted molar refractivity (Wildman–Crippen MR) is 111 cm³/mol. The van der Waals surface area contributed by atoms with Crippen molar-refractivity contribution in [3.8, 4) is 0 Å². The molecular weight excluding hydrogens is 362 g/mol. The highest BCUT2D eigenvalue weighted by atomic mass is 32.2. The van der Waals surface area contributed by atoms with Gasteiger partial charge >= 0.3 is 0 Å². The fourth-order valence-electron chi connectivity index (χ4n) is 4.09. The van der Waals surface area contributed by atoms with Gasteiger partial charge in [0.25, 0.3) is 0 Å². The summed E-state index contributed by atoms with van der Waals surface area (Å²) in [6.45, 7) is 10.1. The number of amides is 1. The molecule has 0 aliphatic carbocycles. The lowest BCUT2D eigenvalue weighted by Gasteiger charge is -2.42. The number of likely N-dealkylation sites (tertiary alicyclic amines) is 1. The number of aliphatic imine (C=N–C) groups is 1. The van der Waals surface area contributed by atoms with Crippen molar-refractivity contribution in [2.24, 2.45) is 4.99 Å². The number of rotatable bonds is 8. The van der Waals surface area contributed by atoms with Crippen LogP contribution in [0.15, 0.2) is 4.99 Å². The number of thioether (sulfide) groups is 1. The molecule has 3 aliphatic heterocycles. The van der Waals surface area contributed by atoms with Crippen molar-refractivity contribution < 1.29 is 9.53 Å². The fraction of sp³-hybridized carbons (Fsp3) is 0.895. The molecule has 0 spiro atoms. The molecule has 0 aromatic heterocycles. The average molecular weight is 398 g/mol. The molecule has 27 heavy (non-hydrogen) atoms. The summed E-state index contributed by atoms with van der Waals surface area (Å²) < 4.78 is 5.55. The first-order valence-electron chi connectivity index (χ1n) is 10.4. The Kier molecular flexibility index (Phi) is 8.08. The van der Waals surface area contributed by atoms with E-state index in [4.69, 9.17) is 9.73 Å². The van der Waals surface area contributed by atoms with E-state index in [1.165, 1.54) is 12.2 Å². The van der Waals surface area contributed by atoms with Crippen molar-refractivity contribution in [3.63, 3.8) is 0 Å². The first-order chi connectivity index (χ1) is 13.2. The van der Waals surface area contributed by atoms with Gasteiger partial charge in [-0.2, -0.15) is 11.8 Å². The SMILES string of the molecule is CCNC(=NCC1(N2CCOCC2)CCSC1)NCCCN1CCCC1=O. The number of nitrogens with zero attached hydrogens (tertiary/aromatic N) is 3. The molecule has 0 aromatic rings. The number of guanidine groups is 1. The van der Waals surface area contributed by atoms with Crippen molar-refractivity contribution in [1.29, 1.82) is 0 Å². The molecule has 8 heteroatoms. The van der Waals surface area contributed by atoms with Gasteiger partial charge in [-0.05, 0) is 31.9 Å². The van der Waals surface area contributed by atoms with Crippen molar-refractivity contribution >= 4 is 23.6 Å². The van der Waals surface area contributed by atoms with Crippen molar-refractivity contribution in [3.05, 3.63) is 0 Å². The number of hydrogen-bond acceptors (Lipinski definition) is 5. The predicted octanol–water partition coefficient (Wildman–Crippen LogP) is 0.762. The van der Waals surface area contributed by atoms with Gasteiger partial charge < -0.3 is 20.3 Å². The third-order valence-corrected chi connectivity index (χ3v) is 6.94. The van der Waals surface area contributed by atoms with Gasteiger partial charge in [-0.3, -0.25) is 14.7 Å². The van der Waals surface area contributed by atoms with Gasteiger partial charge in [0, 0.05) is 51.4 Å². The van der Waals surface area contributed by atoms with Gasteiger partial charge in [-0.1, -0.05) is 0 Å². The molecule has 3 saturated heterocycles. The van der Waals surface area contributed by atoms with E-state index in [2.05, 4.69) is 22.5 Å². The monoisotopic (exact) mass is 397 g/mol. The Hall–Kier alpha value is -0.990. The Labute approximate surface area is 167 Å². The minimum atomic E-state index is 0.179. The third-order valence-electron chi connectivity index (χ3n) is 5.71. The number of morpholine rings is 1. The summed E-state index contributed by atoms with van der Waals surface area (Å²) in [4.78, 5) is 21.2. The molecule has 0 radical (unpaired) electrons. The molecule has 1 unspecified atom stereocenters. The van der Waals surface area contributed by atoms with Crippen LogP contribution < -0.4 is 10.6 Å². The lowest BCUT2D eigenvalue weighted by Crippen LogP contribution is -2.56. The Balaban J connectivity index is 1.49. The molecule has 3 rings (SSSR count). The molecule has 2 N–H and O–H groups in total. The van der Waals surface area contributed by atoms with Crippen LogP contribution in [-0.2, 0) is 9.53 Å². The molecular formula is C19H35N5O2S. The number of hydrogen-bond donors (Lipinski definition) is 2. The zero-order chi connectivity index (χ0) is 19.0. The lowest BCUT2D eigenvalue weighted by atomic mass is 9.96. The standard InChI is InChI=1S/C19H35N5O2S/c1-2-20-18(21-7-4-9-23-8-3-5-17(23)25)22-15-19(6-14-27-16-19)24-10-12-26-13-11-24/h2-16H2,1H3,(H2,20,21,22). The first kappa shape index (κ1) is 20.7. The highest BCUT2D eigenvalue weighted by Crippen LogP contribution is 2.34. The second kappa shape index (κ2) is 10.5. The second-order valence-electron chi connectivity index (χ2n) is 7.59. The highest BCUT2D eigenvalue weighted by Gasteiger charge is 2.40. The fourth-order valence-corrected chi connectivity index (χ4v) is 5.56. The average Bonchev–Trinajstić information content (AvgIpc) is 3.34. The van der Waals surface area contributed by atoms with Gasteiger partial charge in [0.15, 0.2) is 5.96 Å². The van der Waals surface area contributed by atoms with Crippen LogP contribution in [0.25, 0.3) is 0 Å². The van der Waals surface area contributed by atoms with E-state index in [9.17, 15) is 4.79 Å². The molecule has 3 fully saturated rings. The maximum absolute atomic E-state index is 11.7. The van der Waals surface area contributed by atoms with Crippen LogP contribution in [0.4, 0.5) is 0 Å². The number of nitrogens with one attached hydrogen (secondary N) is 2. The second-order valence-corrected chi connectivity index (χ2v) is 8.69. The molecule has 3 heterocycles. The van der Waals surface area contributed by atoms with Crippen LogP contribution in [0.3, 0.4) is 0 Å². The molecule has 3 aliphatic rings. The number of carbonyl (C=O) groups excluding carboxylic acids is 1. The van der Waals surface area contributed by atoms with Crippen molar-refractivity contribution in [2.45, 2.75) is 38.1 Å². The minimum absolute atomic E-state index is 0.179. The van der Waals surface area contributed by atoms with Crippen LogP contribution >= 0.6 is 11.8 Å². The van der Waals surface area contributed by atoms with Crippen LogP contribution in [0.1, 0.15) is 32.6 Å². The summed E-state index contributed by atoms with van der Waals surface area (Å²) in [5.41, 5.74) is 0.179. The molecule has 0 aromatic carbocycles. The van der Waals surface area contributed by atoms with Gasteiger partial charge in [-0.25, -0.2) is 0 Å². The van der Waals surface area contributed by atoms with E-state index in [0.29, 0.717) is 5.91 Å². The Morgan fingerprint density at radius 2 is 2.15 bits per heavy atom. The number of ether oxygens (including phenoxy) is 1. The number of carbonyl (C=O) groups is 1. The zero-order valence-electron chi connectivity index (χ0n) is 16.7. The van der Waals surface area contributed by atoms with Gasteiger partial charge in [0.1, 0.15) is 0 Å². The van der Waals surface area contributed by atoms with E-state index < -0.39 is 0 Å². The van der Waals surface area contributed by atoms with E-state index in [1.807, 2.05) is 16.7 Å². The molecule has 7 nitrogen and oxygen atoms in total. The largest absolute Gasteiger partial charge is 0.379 e. The topological polar surface area (TPSA) is 69.2 Å². The van der Waals surface area contributed by atoms with E-state index >= 15 is 0 Å². The van der Waals surface area contributed by atoms with E-state index in [0.717, 1.165) is 90.0 Å². The summed E-state index contributed by atoms with van der Waals surface area (Å²) in [6, 6.07) is 0. The summed E-state index contributed by atoms with van der Waals surface area (Å²) >= 11 is 2.05. The van der Waals surface area contributed by atoms with Crippen LogP contribution in [0.5, 0.6) is 0 Å². The van der Waals surface area contributed by atoms with Crippen LogP contribution in [0.2, 0.25) is 0 Å². The van der Waals surface area contributed by atoms with Crippen molar-refractivity contribution in [1.82, 2.24) is 20.4 Å². The summed E-state index contributed by atoms with van der Waals surface area (Å²) in [7, 11) is 0. The zero-order valence-corrected chi connectivity index (χ0v) is 17.5. The Morgan fingerprint density at radius 3 is 2.81 bits per heavy atom. The Morgan fingerprint density at radius 1 is 1.30 bits per heavy atom. The molecule has 0 saturated carbocycles. The van der Waals surface area contributed by atoms with Crippen LogP contribution in [-0.4, -0.2) is 97.7 Å². The van der Waals surface area contributed by atoms with E-state index in [1.54, 1.807) is 0 Å². The van der Waals surface area contributed by atoms with Crippen molar-refractivity contribution in [2.75, 3.05) is 70.5 Å². The third kappa shape index (κ3) is 5.74. The van der Waals surface area contributed by atoms with Gasteiger partial charge in [-0.15, -0.1) is 0 Å².